The quantitative estimate of drug-likeness (QED) is 0.936. The number of hydrogen-bond donors (Lipinski definition) is 1. The molecular formula is C16H19N3S. The van der Waals surface area contributed by atoms with Gasteiger partial charge in [0.2, 0.25) is 0 Å². The van der Waals surface area contributed by atoms with Crippen molar-refractivity contribution < 1.29 is 0 Å². The Hall–Kier alpha value is -1.39. The van der Waals surface area contributed by atoms with Crippen LogP contribution >= 0.6 is 11.3 Å². The third-order valence-electron chi connectivity index (χ3n) is 4.16. The summed E-state index contributed by atoms with van der Waals surface area (Å²) in [5, 5.41) is 6.86. The van der Waals surface area contributed by atoms with Crippen LogP contribution in [0.4, 0.5) is 5.69 Å². The Morgan fingerprint density at radius 2 is 2.30 bits per heavy atom. The van der Waals surface area contributed by atoms with Crippen molar-refractivity contribution in [2.75, 3.05) is 18.5 Å². The summed E-state index contributed by atoms with van der Waals surface area (Å²) < 4.78 is 0. The molecule has 2 heterocycles. The van der Waals surface area contributed by atoms with E-state index in [1.807, 2.05) is 0 Å². The summed E-state index contributed by atoms with van der Waals surface area (Å²) in [6.45, 7) is 2.04. The Morgan fingerprint density at radius 1 is 1.40 bits per heavy atom. The first-order chi connectivity index (χ1) is 9.79. The molecule has 2 aromatic rings. The maximum atomic E-state index is 4.77. The summed E-state index contributed by atoms with van der Waals surface area (Å²) >= 11 is 1.76. The third kappa shape index (κ3) is 2.34. The van der Waals surface area contributed by atoms with Gasteiger partial charge in [0.05, 0.1) is 5.69 Å². The molecule has 4 rings (SSSR count). The van der Waals surface area contributed by atoms with Gasteiger partial charge in [0.25, 0.3) is 0 Å². The average molecular weight is 285 g/mol. The number of thiazole rings is 1. The topological polar surface area (TPSA) is 28.2 Å². The van der Waals surface area contributed by atoms with Gasteiger partial charge in [-0.05, 0) is 43.0 Å². The molecular weight excluding hydrogens is 266 g/mol. The first-order valence-corrected chi connectivity index (χ1v) is 8.20. The number of rotatable bonds is 4. The van der Waals surface area contributed by atoms with E-state index in [2.05, 4.69) is 40.8 Å². The zero-order valence-corrected chi connectivity index (χ0v) is 12.5. The van der Waals surface area contributed by atoms with Crippen molar-refractivity contribution >= 4 is 17.0 Å². The SMILES string of the molecule is CN1CCc2cc(-c3nc(CNC4CC4)cs3)ccc21. The van der Waals surface area contributed by atoms with Crippen LogP contribution in [0.25, 0.3) is 10.6 Å². The van der Waals surface area contributed by atoms with Crippen molar-refractivity contribution in [3.05, 3.63) is 34.8 Å². The van der Waals surface area contributed by atoms with Gasteiger partial charge in [-0.3, -0.25) is 0 Å². The molecule has 20 heavy (non-hydrogen) atoms. The Morgan fingerprint density at radius 3 is 3.15 bits per heavy atom. The van der Waals surface area contributed by atoms with Crippen LogP contribution in [-0.2, 0) is 13.0 Å². The van der Waals surface area contributed by atoms with Gasteiger partial charge in [0, 0.05) is 42.8 Å². The van der Waals surface area contributed by atoms with E-state index in [1.54, 1.807) is 11.3 Å². The molecule has 1 aliphatic heterocycles. The van der Waals surface area contributed by atoms with E-state index in [0.717, 1.165) is 30.6 Å². The van der Waals surface area contributed by atoms with Crippen molar-refractivity contribution in [1.29, 1.82) is 0 Å². The number of fused-ring (bicyclic) bond motifs is 1. The average Bonchev–Trinajstić information content (AvgIpc) is 3.05. The fourth-order valence-corrected chi connectivity index (χ4v) is 3.57. The lowest BCUT2D eigenvalue weighted by Crippen LogP contribution is -2.15. The first kappa shape index (κ1) is 12.4. The van der Waals surface area contributed by atoms with Gasteiger partial charge in [-0.25, -0.2) is 4.98 Å². The van der Waals surface area contributed by atoms with Crippen molar-refractivity contribution in [3.8, 4) is 10.6 Å². The number of benzene rings is 1. The van der Waals surface area contributed by atoms with Crippen LogP contribution in [0, 0.1) is 0 Å². The molecule has 0 saturated heterocycles. The summed E-state index contributed by atoms with van der Waals surface area (Å²) in [6, 6.07) is 7.50. The summed E-state index contributed by atoms with van der Waals surface area (Å²) in [6.07, 6.45) is 3.81. The molecule has 1 N–H and O–H groups in total. The number of anilines is 1. The Bertz CT molecular complexity index is 630. The highest BCUT2D eigenvalue weighted by molar-refractivity contribution is 7.13. The predicted molar refractivity (Wildman–Crippen MR) is 84.4 cm³/mol. The predicted octanol–water partition coefficient (Wildman–Crippen LogP) is 3.05. The highest BCUT2D eigenvalue weighted by atomic mass is 32.1. The lowest BCUT2D eigenvalue weighted by Gasteiger charge is -2.11. The molecule has 1 fully saturated rings. The molecule has 0 radical (unpaired) electrons. The maximum absolute atomic E-state index is 4.77. The summed E-state index contributed by atoms with van der Waals surface area (Å²) in [5.41, 5.74) is 5.27. The van der Waals surface area contributed by atoms with E-state index in [0.29, 0.717) is 0 Å². The third-order valence-corrected chi connectivity index (χ3v) is 5.10. The Balaban J connectivity index is 1.54. The molecule has 0 bridgehead atoms. The monoisotopic (exact) mass is 285 g/mol. The molecule has 2 aliphatic rings. The molecule has 0 amide bonds. The summed E-state index contributed by atoms with van der Waals surface area (Å²) in [4.78, 5) is 7.09. The molecule has 1 aromatic heterocycles. The zero-order chi connectivity index (χ0) is 13.5. The number of aromatic nitrogens is 1. The molecule has 3 nitrogen and oxygen atoms in total. The van der Waals surface area contributed by atoms with E-state index in [-0.39, 0.29) is 0 Å². The molecule has 4 heteroatoms. The number of likely N-dealkylation sites (N-methyl/N-ethyl adjacent to an activating group) is 1. The highest BCUT2D eigenvalue weighted by Gasteiger charge is 2.21. The van der Waals surface area contributed by atoms with E-state index in [1.165, 1.54) is 35.3 Å². The lowest BCUT2D eigenvalue weighted by atomic mass is 10.1. The largest absolute Gasteiger partial charge is 0.374 e. The molecule has 0 spiro atoms. The molecule has 104 valence electrons. The van der Waals surface area contributed by atoms with Crippen molar-refractivity contribution in [2.45, 2.75) is 31.8 Å². The molecule has 1 saturated carbocycles. The second-order valence-electron chi connectivity index (χ2n) is 5.81. The van der Waals surface area contributed by atoms with Gasteiger partial charge >= 0.3 is 0 Å². The van der Waals surface area contributed by atoms with Gasteiger partial charge in [-0.1, -0.05) is 0 Å². The van der Waals surface area contributed by atoms with Gasteiger partial charge in [-0.15, -0.1) is 11.3 Å². The number of hydrogen-bond acceptors (Lipinski definition) is 4. The number of nitrogens with zero attached hydrogens (tertiary/aromatic N) is 2. The van der Waals surface area contributed by atoms with Gasteiger partial charge in [-0.2, -0.15) is 0 Å². The number of nitrogens with one attached hydrogen (secondary N) is 1. The second kappa shape index (κ2) is 4.86. The van der Waals surface area contributed by atoms with Crippen molar-refractivity contribution in [2.24, 2.45) is 0 Å². The van der Waals surface area contributed by atoms with Crippen LogP contribution in [0.5, 0.6) is 0 Å². The van der Waals surface area contributed by atoms with E-state index >= 15 is 0 Å². The standard InChI is InChI=1S/C16H19N3S/c1-19-7-6-11-8-12(2-5-15(11)19)16-18-14(10-20-16)9-17-13-3-4-13/h2,5,8,10,13,17H,3-4,6-7,9H2,1H3. The minimum absolute atomic E-state index is 0.746. The lowest BCUT2D eigenvalue weighted by molar-refractivity contribution is 0.678. The van der Waals surface area contributed by atoms with Crippen LogP contribution < -0.4 is 10.2 Å². The van der Waals surface area contributed by atoms with Crippen molar-refractivity contribution in [1.82, 2.24) is 10.3 Å². The Labute approximate surface area is 123 Å². The van der Waals surface area contributed by atoms with Crippen molar-refractivity contribution in [3.63, 3.8) is 0 Å². The smallest absolute Gasteiger partial charge is 0.123 e. The van der Waals surface area contributed by atoms with Gasteiger partial charge < -0.3 is 10.2 Å². The van der Waals surface area contributed by atoms with Crippen LogP contribution in [0.1, 0.15) is 24.1 Å². The van der Waals surface area contributed by atoms with Gasteiger partial charge in [0.1, 0.15) is 5.01 Å². The molecule has 1 aromatic carbocycles. The minimum Gasteiger partial charge on any atom is -0.374 e. The first-order valence-electron chi connectivity index (χ1n) is 7.32. The van der Waals surface area contributed by atoms with Crippen LogP contribution in [0.3, 0.4) is 0 Å². The van der Waals surface area contributed by atoms with E-state index in [9.17, 15) is 0 Å². The van der Waals surface area contributed by atoms with Crippen LogP contribution in [0.15, 0.2) is 23.6 Å². The second-order valence-corrected chi connectivity index (χ2v) is 6.67. The van der Waals surface area contributed by atoms with Crippen LogP contribution in [-0.4, -0.2) is 24.6 Å². The molecule has 0 atom stereocenters. The fourth-order valence-electron chi connectivity index (χ4n) is 2.76. The highest BCUT2D eigenvalue weighted by Crippen LogP contribution is 2.32. The molecule has 1 aliphatic carbocycles. The zero-order valence-electron chi connectivity index (χ0n) is 11.7. The maximum Gasteiger partial charge on any atom is 0.123 e. The summed E-state index contributed by atoms with van der Waals surface area (Å²) in [5.74, 6) is 0. The van der Waals surface area contributed by atoms with Gasteiger partial charge in [0.15, 0.2) is 0 Å². The fraction of sp³-hybridized carbons (Fsp3) is 0.438. The minimum atomic E-state index is 0.746. The van der Waals surface area contributed by atoms with Crippen LogP contribution in [0.2, 0.25) is 0 Å². The summed E-state index contributed by atoms with van der Waals surface area (Å²) in [7, 11) is 2.16. The van der Waals surface area contributed by atoms with E-state index < -0.39 is 0 Å². The van der Waals surface area contributed by atoms with E-state index in [4.69, 9.17) is 4.98 Å². The Kier molecular flexibility index (Phi) is 3.00. The normalized spacial score (nSPS) is 17.6. The molecule has 0 unspecified atom stereocenters.